The molecule has 4 saturated heterocycles. The largest absolute Gasteiger partial charge is 0.662 e. The van der Waals surface area contributed by atoms with Gasteiger partial charge in [0.05, 0.1) is 0 Å². The minimum absolute atomic E-state index is 0. The van der Waals surface area contributed by atoms with E-state index in [0.29, 0.717) is 0 Å². The molecule has 0 aromatic carbocycles. The van der Waals surface area contributed by atoms with E-state index in [-0.39, 0.29) is 74.2 Å². The first-order valence-corrected chi connectivity index (χ1v) is 10.5. The van der Waals surface area contributed by atoms with Gasteiger partial charge < -0.3 is 36.9 Å². The maximum absolute atomic E-state index is 4.98. The molecule has 4 fully saturated rings. The van der Waals surface area contributed by atoms with Crippen molar-refractivity contribution in [2.45, 2.75) is 32.1 Å². The van der Waals surface area contributed by atoms with Crippen LogP contribution in [0.5, 0.6) is 0 Å². The average Bonchev–Trinajstić information content (AvgIpc) is 2.73. The van der Waals surface area contributed by atoms with Gasteiger partial charge in [0, 0.05) is 87.4 Å². The summed E-state index contributed by atoms with van der Waals surface area (Å²) in [7, 11) is 4.31. The molecule has 30 heavy (non-hydrogen) atoms. The number of piperazine rings is 1. The summed E-state index contributed by atoms with van der Waals surface area (Å²) in [5.74, 6) is 0. The molecular weight excluding hydrogens is 530 g/mol. The van der Waals surface area contributed by atoms with E-state index in [4.69, 9.17) is 4.74 Å². The number of ether oxygens (including phenoxy) is 1. The van der Waals surface area contributed by atoms with Crippen LogP contribution in [-0.2, 0) is 79.0 Å². The normalized spacial score (nSPS) is 21.4. The molecule has 0 atom stereocenters. The van der Waals surface area contributed by atoms with Crippen LogP contribution in [0, 0.1) is 6.42 Å². The number of hydrogen-bond acceptors (Lipinski definition) is 3. The van der Waals surface area contributed by atoms with Gasteiger partial charge in [0.1, 0.15) is 0 Å². The van der Waals surface area contributed by atoms with E-state index in [0.717, 1.165) is 65.6 Å². The maximum atomic E-state index is 4.98. The minimum atomic E-state index is 0. The van der Waals surface area contributed by atoms with E-state index in [1.54, 1.807) is 0 Å². The summed E-state index contributed by atoms with van der Waals surface area (Å²) in [4.78, 5) is 4.66. The van der Waals surface area contributed by atoms with Gasteiger partial charge in [-0.1, -0.05) is 19.3 Å². The van der Waals surface area contributed by atoms with Crippen molar-refractivity contribution in [3.05, 3.63) is 22.4 Å². The fourth-order valence-electron chi connectivity index (χ4n) is 2.79. The van der Waals surface area contributed by atoms with Crippen LogP contribution in [0.3, 0.4) is 0 Å². The number of hydrogen-bond donors (Lipinski definition) is 0. The second kappa shape index (κ2) is 31.1. The van der Waals surface area contributed by atoms with Crippen LogP contribution >= 0.6 is 0 Å². The van der Waals surface area contributed by atoms with Crippen molar-refractivity contribution >= 4 is 0 Å². The molecule has 0 bridgehead atoms. The van der Waals surface area contributed by atoms with Crippen molar-refractivity contribution in [1.82, 2.24) is 9.80 Å². The Morgan fingerprint density at radius 2 is 1.00 bits per heavy atom. The van der Waals surface area contributed by atoms with E-state index in [9.17, 15) is 0 Å². The smallest absolute Gasteiger partial charge is 0.0277 e. The van der Waals surface area contributed by atoms with Crippen molar-refractivity contribution in [3.8, 4) is 0 Å². The molecule has 4 aliphatic heterocycles. The molecule has 4 rings (SSSR count). The van der Waals surface area contributed by atoms with Crippen LogP contribution in [0.1, 0.15) is 32.1 Å². The Morgan fingerprint density at radius 3 is 1.20 bits per heavy atom. The van der Waals surface area contributed by atoms with E-state index in [1.807, 2.05) is 0 Å². The van der Waals surface area contributed by atoms with Gasteiger partial charge in [0.25, 0.3) is 0 Å². The number of likely N-dealkylation sites (tertiary alicyclic amines) is 1. The Balaban J connectivity index is -0.000000144. The minimum Gasteiger partial charge on any atom is -0.662 e. The van der Waals surface area contributed by atoms with Crippen molar-refractivity contribution in [1.29, 1.82) is 0 Å². The third-order valence-corrected chi connectivity index (χ3v) is 4.63. The molecule has 6 nitrogen and oxygen atoms in total. The zero-order chi connectivity index (χ0) is 18.7. The Labute approximate surface area is 234 Å². The number of rotatable bonds is 0. The molecule has 4 aliphatic rings. The summed E-state index contributed by atoms with van der Waals surface area (Å²) < 4.78 is 4.98. The Morgan fingerprint density at radius 1 is 0.567 bits per heavy atom. The number of nitrogens with zero attached hydrogens (tertiary/aromatic N) is 5. The number of piperidine rings is 2. The van der Waals surface area contributed by atoms with E-state index in [1.165, 1.54) is 45.2 Å². The summed E-state index contributed by atoms with van der Waals surface area (Å²) in [6.45, 7) is 12.6. The van der Waals surface area contributed by atoms with Gasteiger partial charge in [0.2, 0.25) is 0 Å². The number of likely N-dealkylation sites (N-methyl/N-ethyl adjacent to an activating group) is 1. The predicted molar refractivity (Wildman–Crippen MR) is 112 cm³/mol. The standard InChI is InChI=1S/C6H12N.C5H11N2.C5H10N.C4H8NO.4V/c1-7-5-3-2-4-6-7;1-7-4-2-6-3-5-7;1-2-4-6-5-3-1;1-3-6-4-2-5-1;;;;/h2H,3-6H2,1H3;2-5H2,1H3;1-5H2;1-4H2;;;;/q4*-1;;;;. The van der Waals surface area contributed by atoms with Crippen LogP contribution in [-0.4, -0.2) is 103 Å². The number of morpholine rings is 1. The van der Waals surface area contributed by atoms with Crippen LogP contribution in [0.4, 0.5) is 0 Å². The van der Waals surface area contributed by atoms with Gasteiger partial charge in [-0.05, 0) is 40.3 Å². The molecule has 0 amide bonds. The summed E-state index contributed by atoms with van der Waals surface area (Å²) in [6, 6.07) is 0. The Kier molecular flexibility index (Phi) is 40.8. The molecule has 0 aromatic heterocycles. The van der Waals surface area contributed by atoms with Crippen LogP contribution in [0.15, 0.2) is 0 Å². The van der Waals surface area contributed by atoms with Crippen LogP contribution in [0.25, 0.3) is 16.0 Å². The molecule has 4 radical (unpaired) electrons. The maximum Gasteiger partial charge on any atom is 0.0277 e. The molecule has 0 spiro atoms. The van der Waals surface area contributed by atoms with E-state index in [2.05, 4.69) is 46.3 Å². The molecule has 10 heteroatoms. The van der Waals surface area contributed by atoms with Gasteiger partial charge in [-0.25, -0.2) is 0 Å². The van der Waals surface area contributed by atoms with Gasteiger partial charge in [0.15, 0.2) is 0 Å². The fourth-order valence-corrected chi connectivity index (χ4v) is 2.79. The molecule has 4 heterocycles. The Hall–Kier alpha value is 2.10. The molecule has 0 unspecified atom stereocenters. The van der Waals surface area contributed by atoms with Gasteiger partial charge >= 0.3 is 0 Å². The third kappa shape index (κ3) is 28.1. The van der Waals surface area contributed by atoms with Crippen molar-refractivity contribution < 1.29 is 79.0 Å². The fraction of sp³-hybridized carbons (Fsp3) is 0.950. The van der Waals surface area contributed by atoms with Crippen LogP contribution in [0.2, 0.25) is 0 Å². The van der Waals surface area contributed by atoms with Crippen molar-refractivity contribution in [2.75, 3.05) is 92.8 Å². The zero-order valence-corrected chi connectivity index (χ0v) is 24.6. The first-order chi connectivity index (χ1) is 12.8. The topological polar surface area (TPSA) is 58.0 Å². The van der Waals surface area contributed by atoms with E-state index >= 15 is 0 Å². The second-order valence-electron chi connectivity index (χ2n) is 7.16. The third-order valence-electron chi connectivity index (χ3n) is 4.63. The van der Waals surface area contributed by atoms with Gasteiger partial charge in [-0.3, -0.25) is 0 Å². The van der Waals surface area contributed by atoms with Crippen molar-refractivity contribution in [3.63, 3.8) is 0 Å². The first kappa shape index (κ1) is 39.3. The molecular formula is C20H41N5OV4-4. The molecule has 0 aliphatic carbocycles. The summed E-state index contributed by atoms with van der Waals surface area (Å²) in [5, 5.41) is 12.4. The van der Waals surface area contributed by atoms with Gasteiger partial charge in [-0.15, -0.1) is 39.3 Å². The molecule has 0 N–H and O–H groups in total. The monoisotopic (exact) mass is 571 g/mol. The predicted octanol–water partition coefficient (Wildman–Crippen LogP) is 3.15. The summed E-state index contributed by atoms with van der Waals surface area (Å²) in [6.07, 6.45) is 9.01. The molecule has 0 saturated carbocycles. The first-order valence-electron chi connectivity index (χ1n) is 10.5. The quantitative estimate of drug-likeness (QED) is 0.420. The van der Waals surface area contributed by atoms with Crippen LogP contribution < -0.4 is 0 Å². The summed E-state index contributed by atoms with van der Waals surface area (Å²) in [5.41, 5.74) is 0. The average molecular weight is 571 g/mol. The molecule has 0 aromatic rings. The van der Waals surface area contributed by atoms with Crippen molar-refractivity contribution in [2.24, 2.45) is 0 Å². The SMILES string of the molecule is C1CC[N-]CC1.C1COCC[N-]1.CN1CC[CH-]CC1.CN1CC[N-]CC1.[V].[V].[V].[V]. The Bertz CT molecular complexity index is 239. The molecule has 176 valence electrons. The van der Waals surface area contributed by atoms with Gasteiger partial charge in [-0.2, -0.15) is 12.8 Å². The van der Waals surface area contributed by atoms with E-state index < -0.39 is 0 Å². The zero-order valence-electron chi connectivity index (χ0n) is 19.0. The second-order valence-corrected chi connectivity index (χ2v) is 7.16. The summed E-state index contributed by atoms with van der Waals surface area (Å²) >= 11 is 0.